The predicted octanol–water partition coefficient (Wildman–Crippen LogP) is 2.17. The van der Waals surface area contributed by atoms with Crippen LogP contribution in [0.5, 0.6) is 5.88 Å². The summed E-state index contributed by atoms with van der Waals surface area (Å²) in [6, 6.07) is 12.8. The normalized spacial score (nSPS) is 10.4. The highest BCUT2D eigenvalue weighted by molar-refractivity contribution is 5.96. The molecular weight excluding hydrogens is 316 g/mol. The lowest BCUT2D eigenvalue weighted by atomic mass is 10.1. The summed E-state index contributed by atoms with van der Waals surface area (Å²) in [5, 5.41) is 8.91. The number of nitrogens with zero attached hydrogens (tertiary/aromatic N) is 4. The maximum Gasteiger partial charge on any atom is 0.259 e. The first-order chi connectivity index (χ1) is 12.0. The first-order valence-electron chi connectivity index (χ1n) is 7.97. The molecule has 0 bridgehead atoms. The van der Waals surface area contributed by atoms with Gasteiger partial charge in [-0.2, -0.15) is 5.26 Å². The van der Waals surface area contributed by atoms with Gasteiger partial charge in [0.15, 0.2) is 0 Å². The van der Waals surface area contributed by atoms with Crippen LogP contribution in [-0.4, -0.2) is 55.0 Å². The molecular formula is C19H22N4O2. The molecule has 2 aromatic rings. The van der Waals surface area contributed by atoms with Gasteiger partial charge >= 0.3 is 0 Å². The Balaban J connectivity index is 2.24. The van der Waals surface area contributed by atoms with Crippen LogP contribution in [0.1, 0.15) is 21.5 Å². The fraction of sp³-hybridized carbons (Fsp3) is 0.316. The molecule has 1 aromatic heterocycles. The Morgan fingerprint density at radius 2 is 1.92 bits per heavy atom. The van der Waals surface area contributed by atoms with Crippen molar-refractivity contribution in [1.82, 2.24) is 14.8 Å². The number of aromatic nitrogens is 1. The van der Waals surface area contributed by atoms with Gasteiger partial charge in [0.05, 0.1) is 18.7 Å². The van der Waals surface area contributed by atoms with Crippen molar-refractivity contribution in [3.63, 3.8) is 0 Å². The van der Waals surface area contributed by atoms with Crippen LogP contribution in [-0.2, 0) is 6.54 Å². The molecule has 1 aromatic carbocycles. The predicted molar refractivity (Wildman–Crippen MR) is 95.2 cm³/mol. The van der Waals surface area contributed by atoms with Crippen LogP contribution in [0.3, 0.4) is 0 Å². The molecule has 0 unspecified atom stereocenters. The second-order valence-electron chi connectivity index (χ2n) is 5.90. The largest absolute Gasteiger partial charge is 0.480 e. The van der Waals surface area contributed by atoms with Gasteiger partial charge in [0.25, 0.3) is 5.91 Å². The highest BCUT2D eigenvalue weighted by atomic mass is 16.5. The van der Waals surface area contributed by atoms with Crippen molar-refractivity contribution in [3.8, 4) is 11.9 Å². The van der Waals surface area contributed by atoms with Gasteiger partial charge in [-0.3, -0.25) is 4.79 Å². The molecule has 130 valence electrons. The Hall–Kier alpha value is -2.91. The summed E-state index contributed by atoms with van der Waals surface area (Å²) in [4.78, 5) is 20.9. The van der Waals surface area contributed by atoms with E-state index in [2.05, 4.69) is 11.1 Å². The number of pyridine rings is 1. The van der Waals surface area contributed by atoms with E-state index >= 15 is 0 Å². The fourth-order valence-corrected chi connectivity index (χ4v) is 2.36. The molecule has 0 radical (unpaired) electrons. The molecule has 25 heavy (non-hydrogen) atoms. The van der Waals surface area contributed by atoms with Gasteiger partial charge in [0.1, 0.15) is 5.56 Å². The summed E-state index contributed by atoms with van der Waals surface area (Å²) in [6.45, 7) is 1.77. The smallest absolute Gasteiger partial charge is 0.259 e. The quantitative estimate of drug-likeness (QED) is 0.774. The molecule has 0 N–H and O–H groups in total. The number of amides is 1. The third kappa shape index (κ3) is 5.03. The monoisotopic (exact) mass is 338 g/mol. The van der Waals surface area contributed by atoms with Crippen LogP contribution in [0.4, 0.5) is 0 Å². The number of likely N-dealkylation sites (N-methyl/N-ethyl adjacent to an activating group) is 1. The fourth-order valence-electron chi connectivity index (χ4n) is 2.36. The second kappa shape index (κ2) is 8.81. The van der Waals surface area contributed by atoms with E-state index in [0.717, 1.165) is 12.1 Å². The number of nitriles is 1. The number of rotatable bonds is 7. The summed E-state index contributed by atoms with van der Waals surface area (Å²) in [6.07, 6.45) is 1.60. The number of ether oxygens (including phenoxy) is 1. The van der Waals surface area contributed by atoms with Crippen molar-refractivity contribution in [2.75, 3.05) is 34.3 Å². The zero-order valence-electron chi connectivity index (χ0n) is 14.8. The van der Waals surface area contributed by atoms with Crippen molar-refractivity contribution in [2.24, 2.45) is 0 Å². The average Bonchev–Trinajstić information content (AvgIpc) is 2.64. The Morgan fingerprint density at radius 3 is 2.52 bits per heavy atom. The van der Waals surface area contributed by atoms with Crippen LogP contribution in [0.2, 0.25) is 0 Å². The molecule has 0 saturated carbocycles. The van der Waals surface area contributed by atoms with E-state index in [1.54, 1.807) is 35.4 Å². The van der Waals surface area contributed by atoms with E-state index in [1.165, 1.54) is 7.11 Å². The summed E-state index contributed by atoms with van der Waals surface area (Å²) in [7, 11) is 5.44. The molecule has 6 heteroatoms. The molecule has 0 fully saturated rings. The lowest BCUT2D eigenvalue weighted by molar-refractivity contribution is 0.0727. The van der Waals surface area contributed by atoms with Crippen molar-refractivity contribution < 1.29 is 9.53 Å². The van der Waals surface area contributed by atoms with Crippen LogP contribution in [0.25, 0.3) is 0 Å². The van der Waals surface area contributed by atoms with Gasteiger partial charge in [0, 0.05) is 25.8 Å². The van der Waals surface area contributed by atoms with E-state index in [0.29, 0.717) is 30.1 Å². The Labute approximate surface area is 148 Å². The van der Waals surface area contributed by atoms with Crippen molar-refractivity contribution >= 4 is 5.91 Å². The van der Waals surface area contributed by atoms with Gasteiger partial charge < -0.3 is 14.5 Å². The zero-order chi connectivity index (χ0) is 18.2. The molecule has 2 rings (SSSR count). The maximum absolute atomic E-state index is 13.0. The average molecular weight is 338 g/mol. The molecule has 0 aliphatic rings. The highest BCUT2D eigenvalue weighted by Gasteiger charge is 2.20. The van der Waals surface area contributed by atoms with Crippen molar-refractivity contribution in [2.45, 2.75) is 6.54 Å². The molecule has 0 aliphatic heterocycles. The van der Waals surface area contributed by atoms with Gasteiger partial charge in [-0.1, -0.05) is 12.1 Å². The van der Waals surface area contributed by atoms with Gasteiger partial charge in [-0.25, -0.2) is 4.98 Å². The molecule has 1 amide bonds. The minimum absolute atomic E-state index is 0.129. The summed E-state index contributed by atoms with van der Waals surface area (Å²) >= 11 is 0. The number of methoxy groups -OCH3 is 1. The van der Waals surface area contributed by atoms with Gasteiger partial charge in [0.2, 0.25) is 5.88 Å². The Kier molecular flexibility index (Phi) is 6.49. The van der Waals surface area contributed by atoms with Gasteiger partial charge in [-0.15, -0.1) is 0 Å². The lowest BCUT2D eigenvalue weighted by Gasteiger charge is -2.25. The van der Waals surface area contributed by atoms with E-state index in [4.69, 9.17) is 10.00 Å². The minimum atomic E-state index is -0.129. The topological polar surface area (TPSA) is 69.5 Å². The molecule has 0 spiro atoms. The zero-order valence-corrected chi connectivity index (χ0v) is 14.8. The molecule has 6 nitrogen and oxygen atoms in total. The second-order valence-corrected chi connectivity index (χ2v) is 5.90. The first kappa shape index (κ1) is 18.4. The number of hydrogen-bond donors (Lipinski definition) is 0. The molecule has 0 aliphatic carbocycles. The highest BCUT2D eigenvalue weighted by Crippen LogP contribution is 2.18. The standard InChI is InChI=1S/C19H22N4O2/c1-22(2)11-12-23(14-16-8-6-15(13-20)7-9-16)19(24)17-5-4-10-21-18(17)25-3/h4-10H,11-12,14H2,1-3H3. The maximum atomic E-state index is 13.0. The Bertz CT molecular complexity index is 751. The molecule has 0 atom stereocenters. The van der Waals surface area contributed by atoms with Crippen molar-refractivity contribution in [3.05, 3.63) is 59.3 Å². The van der Waals surface area contributed by atoms with E-state index in [9.17, 15) is 4.79 Å². The van der Waals surface area contributed by atoms with Crippen LogP contribution in [0.15, 0.2) is 42.6 Å². The number of carbonyl (C=O) groups excluding carboxylic acids is 1. The van der Waals surface area contributed by atoms with Gasteiger partial charge in [-0.05, 0) is 43.9 Å². The summed E-state index contributed by atoms with van der Waals surface area (Å²) in [5.74, 6) is 0.193. The SMILES string of the molecule is COc1ncccc1C(=O)N(CCN(C)C)Cc1ccc(C#N)cc1. The summed E-state index contributed by atoms with van der Waals surface area (Å²) < 4.78 is 5.22. The van der Waals surface area contributed by atoms with E-state index < -0.39 is 0 Å². The van der Waals surface area contributed by atoms with Crippen LogP contribution in [0, 0.1) is 11.3 Å². The molecule has 1 heterocycles. The number of benzene rings is 1. The Morgan fingerprint density at radius 1 is 1.20 bits per heavy atom. The third-order valence-corrected chi connectivity index (χ3v) is 3.76. The third-order valence-electron chi connectivity index (χ3n) is 3.76. The number of carbonyl (C=O) groups is 1. The summed E-state index contributed by atoms with van der Waals surface area (Å²) in [5.41, 5.74) is 2.01. The number of hydrogen-bond acceptors (Lipinski definition) is 5. The van der Waals surface area contributed by atoms with Crippen LogP contribution >= 0.6 is 0 Å². The minimum Gasteiger partial charge on any atom is -0.480 e. The first-order valence-corrected chi connectivity index (χ1v) is 7.97. The molecule has 0 saturated heterocycles. The van der Waals surface area contributed by atoms with E-state index in [1.807, 2.05) is 31.1 Å². The van der Waals surface area contributed by atoms with E-state index in [-0.39, 0.29) is 5.91 Å². The lowest BCUT2D eigenvalue weighted by Crippen LogP contribution is -2.36. The van der Waals surface area contributed by atoms with Crippen molar-refractivity contribution in [1.29, 1.82) is 5.26 Å². The van der Waals surface area contributed by atoms with Crippen LogP contribution < -0.4 is 4.74 Å².